The molecule has 0 amide bonds. The van der Waals surface area contributed by atoms with E-state index in [4.69, 9.17) is 5.73 Å². The largest absolute Gasteiger partial charge is 0.329 e. The van der Waals surface area contributed by atoms with Crippen molar-refractivity contribution < 1.29 is 0 Å². The van der Waals surface area contributed by atoms with Crippen molar-refractivity contribution in [2.45, 2.75) is 52.6 Å². The van der Waals surface area contributed by atoms with Gasteiger partial charge in [-0.05, 0) is 41.5 Å². The Kier molecular flexibility index (Phi) is 5.78. The van der Waals surface area contributed by atoms with E-state index in [-0.39, 0.29) is 11.1 Å². The van der Waals surface area contributed by atoms with Crippen LogP contribution in [0.3, 0.4) is 0 Å². The molecule has 0 unspecified atom stereocenters. The second kappa shape index (κ2) is 5.83. The Hall–Kier alpha value is -0.120. The van der Waals surface area contributed by atoms with Crippen molar-refractivity contribution in [1.82, 2.24) is 10.2 Å². The van der Waals surface area contributed by atoms with Gasteiger partial charge < -0.3 is 11.1 Å². The number of hydrogen-bond acceptors (Lipinski definition) is 3. The van der Waals surface area contributed by atoms with Gasteiger partial charge in [0.05, 0.1) is 0 Å². The van der Waals surface area contributed by atoms with Gasteiger partial charge in [-0.3, -0.25) is 4.90 Å². The summed E-state index contributed by atoms with van der Waals surface area (Å²) in [6, 6.07) is 0. The molecule has 0 saturated heterocycles. The fraction of sp³-hybridized carbons (Fsp3) is 1.00. The highest BCUT2D eigenvalue weighted by Crippen LogP contribution is 2.11. The smallest absolute Gasteiger partial charge is 0.0126 e. The van der Waals surface area contributed by atoms with E-state index in [0.29, 0.717) is 0 Å². The zero-order valence-corrected chi connectivity index (χ0v) is 11.4. The SMILES string of the molecule is CC(C)(C)NCCN(CCN)C(C)(C)C. The van der Waals surface area contributed by atoms with Gasteiger partial charge in [-0.1, -0.05) is 0 Å². The molecule has 3 N–H and O–H groups in total. The molecule has 92 valence electrons. The van der Waals surface area contributed by atoms with Crippen LogP contribution in [0.2, 0.25) is 0 Å². The third kappa shape index (κ3) is 7.77. The maximum atomic E-state index is 5.62. The van der Waals surface area contributed by atoms with Gasteiger partial charge in [0.2, 0.25) is 0 Å². The molecular weight excluding hydrogens is 186 g/mol. The first-order valence-electron chi connectivity index (χ1n) is 5.87. The Morgan fingerprint density at radius 2 is 1.53 bits per heavy atom. The highest BCUT2D eigenvalue weighted by Gasteiger charge is 2.20. The number of hydrogen-bond donors (Lipinski definition) is 2. The van der Waals surface area contributed by atoms with E-state index in [9.17, 15) is 0 Å². The quantitative estimate of drug-likeness (QED) is 0.729. The minimum absolute atomic E-state index is 0.201. The lowest BCUT2D eigenvalue weighted by Gasteiger charge is -2.36. The second-order valence-corrected chi connectivity index (χ2v) is 6.12. The summed E-state index contributed by atoms with van der Waals surface area (Å²) in [5.74, 6) is 0. The van der Waals surface area contributed by atoms with E-state index in [1.165, 1.54) is 0 Å². The van der Waals surface area contributed by atoms with Gasteiger partial charge in [0.1, 0.15) is 0 Å². The van der Waals surface area contributed by atoms with Crippen LogP contribution in [0.5, 0.6) is 0 Å². The first kappa shape index (κ1) is 14.9. The molecule has 3 heteroatoms. The summed E-state index contributed by atoms with van der Waals surface area (Å²) in [6.07, 6.45) is 0. The van der Waals surface area contributed by atoms with E-state index < -0.39 is 0 Å². The fourth-order valence-corrected chi connectivity index (χ4v) is 1.50. The van der Waals surface area contributed by atoms with Crippen molar-refractivity contribution in [1.29, 1.82) is 0 Å². The molecule has 0 aromatic heterocycles. The number of nitrogens with one attached hydrogen (secondary N) is 1. The minimum Gasteiger partial charge on any atom is -0.329 e. The molecule has 0 fully saturated rings. The second-order valence-electron chi connectivity index (χ2n) is 6.12. The predicted molar refractivity (Wildman–Crippen MR) is 68.1 cm³/mol. The van der Waals surface area contributed by atoms with Gasteiger partial charge in [-0.15, -0.1) is 0 Å². The molecule has 0 bridgehead atoms. The van der Waals surface area contributed by atoms with E-state index in [0.717, 1.165) is 26.2 Å². The van der Waals surface area contributed by atoms with E-state index in [2.05, 4.69) is 51.8 Å². The lowest BCUT2D eigenvalue weighted by Crippen LogP contribution is -2.49. The summed E-state index contributed by atoms with van der Waals surface area (Å²) in [5, 5.41) is 3.50. The lowest BCUT2D eigenvalue weighted by molar-refractivity contribution is 0.138. The van der Waals surface area contributed by atoms with Crippen LogP contribution in [-0.4, -0.2) is 42.2 Å². The van der Waals surface area contributed by atoms with E-state index >= 15 is 0 Å². The van der Waals surface area contributed by atoms with Crippen LogP contribution in [0.1, 0.15) is 41.5 Å². The Labute approximate surface area is 95.4 Å². The van der Waals surface area contributed by atoms with Crippen LogP contribution >= 0.6 is 0 Å². The standard InChI is InChI=1S/C12H29N3/c1-11(2,3)14-8-10-15(9-7-13)12(4,5)6/h14H,7-10,13H2,1-6H3. The molecule has 0 radical (unpaired) electrons. The predicted octanol–water partition coefficient (Wildman–Crippen LogP) is 1.43. The number of nitrogens with zero attached hydrogens (tertiary/aromatic N) is 1. The van der Waals surface area contributed by atoms with Gasteiger partial charge in [0.25, 0.3) is 0 Å². The van der Waals surface area contributed by atoms with E-state index in [1.54, 1.807) is 0 Å². The maximum absolute atomic E-state index is 5.62. The van der Waals surface area contributed by atoms with E-state index in [1.807, 2.05) is 0 Å². The highest BCUT2D eigenvalue weighted by molar-refractivity contribution is 4.78. The molecule has 0 heterocycles. The first-order chi connectivity index (χ1) is 6.67. The molecule has 0 saturated carbocycles. The van der Waals surface area contributed by atoms with Crippen molar-refractivity contribution in [3.8, 4) is 0 Å². The lowest BCUT2D eigenvalue weighted by atomic mass is 10.1. The van der Waals surface area contributed by atoms with Crippen molar-refractivity contribution >= 4 is 0 Å². The van der Waals surface area contributed by atoms with Crippen molar-refractivity contribution in [3.63, 3.8) is 0 Å². The number of nitrogens with two attached hydrogens (primary N) is 1. The van der Waals surface area contributed by atoms with Crippen molar-refractivity contribution in [2.75, 3.05) is 26.2 Å². The molecule has 0 aromatic carbocycles. The average Bonchev–Trinajstić information content (AvgIpc) is 1.98. The third-order valence-electron chi connectivity index (χ3n) is 2.38. The zero-order valence-electron chi connectivity index (χ0n) is 11.4. The monoisotopic (exact) mass is 215 g/mol. The van der Waals surface area contributed by atoms with Gasteiger partial charge in [0, 0.05) is 37.3 Å². The van der Waals surface area contributed by atoms with Crippen molar-refractivity contribution in [2.24, 2.45) is 5.73 Å². The van der Waals surface area contributed by atoms with Crippen LogP contribution in [0.15, 0.2) is 0 Å². The zero-order chi connectivity index (χ0) is 12.1. The Bertz CT molecular complexity index is 165. The summed E-state index contributed by atoms with van der Waals surface area (Å²) < 4.78 is 0. The Balaban J connectivity index is 3.98. The topological polar surface area (TPSA) is 41.3 Å². The van der Waals surface area contributed by atoms with Gasteiger partial charge in [-0.25, -0.2) is 0 Å². The summed E-state index contributed by atoms with van der Waals surface area (Å²) in [5.41, 5.74) is 6.03. The van der Waals surface area contributed by atoms with Crippen LogP contribution < -0.4 is 11.1 Å². The van der Waals surface area contributed by atoms with Gasteiger partial charge in [0.15, 0.2) is 0 Å². The first-order valence-corrected chi connectivity index (χ1v) is 5.87. The summed E-state index contributed by atoms with van der Waals surface area (Å²) in [7, 11) is 0. The Morgan fingerprint density at radius 3 is 1.87 bits per heavy atom. The van der Waals surface area contributed by atoms with Crippen LogP contribution in [-0.2, 0) is 0 Å². The fourth-order valence-electron chi connectivity index (χ4n) is 1.50. The molecule has 0 aliphatic heterocycles. The molecule has 15 heavy (non-hydrogen) atoms. The molecule has 3 nitrogen and oxygen atoms in total. The van der Waals surface area contributed by atoms with Gasteiger partial charge >= 0.3 is 0 Å². The minimum atomic E-state index is 0.201. The normalized spacial score (nSPS) is 13.6. The highest BCUT2D eigenvalue weighted by atomic mass is 15.2. The molecule has 0 spiro atoms. The molecule has 0 aliphatic rings. The summed E-state index contributed by atoms with van der Waals surface area (Å²) >= 11 is 0. The summed E-state index contributed by atoms with van der Waals surface area (Å²) in [4.78, 5) is 2.42. The van der Waals surface area contributed by atoms with Crippen LogP contribution in [0.25, 0.3) is 0 Å². The van der Waals surface area contributed by atoms with Gasteiger partial charge in [-0.2, -0.15) is 0 Å². The van der Waals surface area contributed by atoms with Crippen molar-refractivity contribution in [3.05, 3.63) is 0 Å². The average molecular weight is 215 g/mol. The van der Waals surface area contributed by atoms with Crippen LogP contribution in [0.4, 0.5) is 0 Å². The third-order valence-corrected chi connectivity index (χ3v) is 2.38. The summed E-state index contributed by atoms with van der Waals surface area (Å²) in [6.45, 7) is 17.0. The number of rotatable bonds is 5. The molecule has 0 atom stereocenters. The molecule has 0 aromatic rings. The maximum Gasteiger partial charge on any atom is 0.0126 e. The Morgan fingerprint density at radius 1 is 1.00 bits per heavy atom. The molecule has 0 aliphatic carbocycles. The molecular formula is C12H29N3. The molecule has 0 rings (SSSR count). The van der Waals surface area contributed by atoms with Crippen LogP contribution in [0, 0.1) is 0 Å².